The summed E-state index contributed by atoms with van der Waals surface area (Å²) in [5, 5.41) is 4.56. The lowest BCUT2D eigenvalue weighted by Crippen LogP contribution is -2.42. The minimum absolute atomic E-state index is 0.0420. The van der Waals surface area contributed by atoms with Gasteiger partial charge in [0.25, 0.3) is 5.91 Å². The van der Waals surface area contributed by atoms with Gasteiger partial charge in [-0.1, -0.05) is 19.1 Å². The molecule has 1 aliphatic carbocycles. The molecule has 1 N–H and O–H groups in total. The summed E-state index contributed by atoms with van der Waals surface area (Å²) in [6.07, 6.45) is 3.83. The highest BCUT2D eigenvalue weighted by Gasteiger charge is 2.34. The maximum absolute atomic E-state index is 13.9. The largest absolute Gasteiger partial charge is 0.455 e. The predicted octanol–water partition coefficient (Wildman–Crippen LogP) is 6.55. The number of likely N-dealkylation sites (N-methyl/N-ethyl adjacent to an activating group) is 1. The van der Waals surface area contributed by atoms with Crippen LogP contribution < -0.4 is 10.2 Å². The van der Waals surface area contributed by atoms with Crippen molar-refractivity contribution in [2.75, 3.05) is 44.5 Å². The number of quaternary nitrogens is 1. The third-order valence-corrected chi connectivity index (χ3v) is 9.10. The number of hydrogen-bond acceptors (Lipinski definition) is 7. The molecule has 0 radical (unpaired) electrons. The number of anilines is 2. The van der Waals surface area contributed by atoms with Crippen LogP contribution in [-0.4, -0.2) is 67.6 Å². The highest BCUT2D eigenvalue weighted by Crippen LogP contribution is 2.40. The molecule has 0 unspecified atom stereocenters. The van der Waals surface area contributed by atoms with Crippen LogP contribution in [0, 0.1) is 11.8 Å². The molecule has 1 fully saturated rings. The summed E-state index contributed by atoms with van der Waals surface area (Å²) >= 11 is 2.71. The number of benzene rings is 1. The second-order valence-electron chi connectivity index (χ2n) is 12.1. The highest BCUT2D eigenvalue weighted by atomic mass is 32.1. The molecule has 0 bridgehead atoms. The second-order valence-corrected chi connectivity index (χ2v) is 13.9. The first-order valence-corrected chi connectivity index (χ1v) is 15.9. The molecule has 8 nitrogen and oxygen atoms in total. The Morgan fingerprint density at radius 1 is 1.10 bits per heavy atom. The second kappa shape index (κ2) is 13.3. The number of aromatic nitrogens is 1. The molecule has 0 spiro atoms. The van der Waals surface area contributed by atoms with Gasteiger partial charge in [0.2, 0.25) is 5.91 Å². The van der Waals surface area contributed by atoms with Gasteiger partial charge in [-0.05, 0) is 69.2 Å². The third kappa shape index (κ3) is 8.02. The van der Waals surface area contributed by atoms with Crippen LogP contribution in [0.15, 0.2) is 41.2 Å². The number of thiophene rings is 1. The molecule has 2 aromatic heterocycles. The number of ether oxygens (including phenoxy) is 1. The molecule has 0 aliphatic heterocycles. The van der Waals surface area contributed by atoms with Gasteiger partial charge in [-0.25, -0.2) is 9.78 Å². The van der Waals surface area contributed by atoms with Crippen LogP contribution in [0.2, 0.25) is 0 Å². The summed E-state index contributed by atoms with van der Waals surface area (Å²) in [4.78, 5) is 46.9. The van der Waals surface area contributed by atoms with E-state index >= 15 is 0 Å². The minimum atomic E-state index is -0.410. The Hall–Kier alpha value is -3.08. The average Bonchev–Trinajstić information content (AvgIpc) is 3.60. The smallest absolute Gasteiger partial charge is 0.350 e. The molecule has 10 heteroatoms. The summed E-state index contributed by atoms with van der Waals surface area (Å²) in [6.45, 7) is 7.20. The van der Waals surface area contributed by atoms with E-state index in [4.69, 9.17) is 4.74 Å². The molecule has 0 atom stereocenters. The van der Waals surface area contributed by atoms with Crippen molar-refractivity contribution in [2.24, 2.45) is 11.8 Å². The average molecular weight is 598 g/mol. The van der Waals surface area contributed by atoms with Gasteiger partial charge >= 0.3 is 5.97 Å². The Morgan fingerprint density at radius 2 is 1.78 bits per heavy atom. The lowest BCUT2D eigenvalue weighted by molar-refractivity contribution is -0.870. The van der Waals surface area contributed by atoms with Crippen molar-refractivity contribution in [3.63, 3.8) is 0 Å². The van der Waals surface area contributed by atoms with Crippen molar-refractivity contribution in [3.05, 3.63) is 51.8 Å². The highest BCUT2D eigenvalue weighted by molar-refractivity contribution is 7.18. The summed E-state index contributed by atoms with van der Waals surface area (Å²) in [6, 6.07) is 9.28. The first-order chi connectivity index (χ1) is 19.4. The molecule has 0 saturated heterocycles. The molecule has 41 heavy (non-hydrogen) atoms. The van der Waals surface area contributed by atoms with E-state index in [1.807, 2.05) is 44.2 Å². The lowest BCUT2D eigenvalue weighted by atomic mass is 9.82. The number of nitrogens with one attached hydrogen (secondary N) is 1. The molecule has 3 aromatic rings. The number of amides is 2. The summed E-state index contributed by atoms with van der Waals surface area (Å²) < 4.78 is 6.41. The Kier molecular flexibility index (Phi) is 9.99. The maximum Gasteiger partial charge on any atom is 0.350 e. The molecule has 1 aromatic carbocycles. The summed E-state index contributed by atoms with van der Waals surface area (Å²) in [5.41, 5.74) is 4.14. The van der Waals surface area contributed by atoms with Crippen molar-refractivity contribution in [3.8, 4) is 10.4 Å². The predicted molar refractivity (Wildman–Crippen MR) is 167 cm³/mol. The number of hydrogen-bond donors (Lipinski definition) is 1. The molecule has 2 amide bonds. The van der Waals surface area contributed by atoms with Crippen molar-refractivity contribution in [2.45, 2.75) is 52.5 Å². The SMILES string of the molecule is CC1CCC(C(=O)N(c2cc(-c3ccc(NC(=O)c4cscn4)cc3)sc2C(=O)OCC[N+](C)(C)C)C(C)C)CC1. The van der Waals surface area contributed by atoms with Crippen LogP contribution in [0.1, 0.15) is 66.6 Å². The van der Waals surface area contributed by atoms with Crippen LogP contribution >= 0.6 is 22.7 Å². The van der Waals surface area contributed by atoms with Crippen LogP contribution in [0.5, 0.6) is 0 Å². The molecular formula is C31H41N4O4S2+. The Labute approximate surface area is 250 Å². The lowest BCUT2D eigenvalue weighted by Gasteiger charge is -2.33. The molecular weight excluding hydrogens is 556 g/mol. The van der Waals surface area contributed by atoms with Gasteiger partial charge in [0.15, 0.2) is 0 Å². The molecule has 1 saturated carbocycles. The van der Waals surface area contributed by atoms with E-state index in [0.717, 1.165) is 36.1 Å². The Bertz CT molecular complexity index is 1340. The number of esters is 1. The van der Waals surface area contributed by atoms with Gasteiger partial charge in [0.05, 0.1) is 32.3 Å². The van der Waals surface area contributed by atoms with Gasteiger partial charge in [-0.15, -0.1) is 22.7 Å². The van der Waals surface area contributed by atoms with Gasteiger partial charge in [-0.3, -0.25) is 9.59 Å². The van der Waals surface area contributed by atoms with Gasteiger partial charge in [0, 0.05) is 27.9 Å². The van der Waals surface area contributed by atoms with E-state index in [-0.39, 0.29) is 23.8 Å². The molecule has 220 valence electrons. The van der Waals surface area contributed by atoms with Crippen molar-refractivity contribution >= 4 is 51.8 Å². The number of carbonyl (C=O) groups excluding carboxylic acids is 3. The zero-order valence-electron chi connectivity index (χ0n) is 24.8. The number of rotatable bonds is 10. The van der Waals surface area contributed by atoms with E-state index in [1.165, 1.54) is 22.7 Å². The molecule has 1 aliphatic rings. The van der Waals surface area contributed by atoms with Crippen LogP contribution in [-0.2, 0) is 9.53 Å². The standard InChI is InChI=1S/C31H40N4O4S2/c1-20(2)34(30(37)23-9-7-21(3)8-10-23)26-17-27(41-28(26)31(38)39-16-15-35(4,5)6)22-11-13-24(14-12-22)33-29(36)25-18-40-19-32-25/h11-14,17-21,23H,7-10,15-16H2,1-6H3/p+1. The Morgan fingerprint density at radius 3 is 2.37 bits per heavy atom. The number of nitrogens with zero attached hydrogens (tertiary/aromatic N) is 3. The normalized spacial score (nSPS) is 17.3. The molecule has 2 heterocycles. The Balaban J connectivity index is 1.63. The van der Waals surface area contributed by atoms with Crippen LogP contribution in [0.25, 0.3) is 10.4 Å². The van der Waals surface area contributed by atoms with E-state index in [0.29, 0.717) is 45.5 Å². The van der Waals surface area contributed by atoms with E-state index < -0.39 is 5.97 Å². The van der Waals surface area contributed by atoms with Crippen LogP contribution in [0.3, 0.4) is 0 Å². The first kappa shape index (κ1) is 30.9. The van der Waals surface area contributed by atoms with Crippen molar-refractivity contribution in [1.82, 2.24) is 4.98 Å². The van der Waals surface area contributed by atoms with Crippen molar-refractivity contribution in [1.29, 1.82) is 0 Å². The fourth-order valence-electron chi connectivity index (χ4n) is 4.92. The van der Waals surface area contributed by atoms with Gasteiger partial charge in [-0.2, -0.15) is 0 Å². The fourth-order valence-corrected chi connectivity index (χ4v) is 6.50. The zero-order valence-corrected chi connectivity index (χ0v) is 26.4. The van der Waals surface area contributed by atoms with E-state index in [1.54, 1.807) is 15.8 Å². The van der Waals surface area contributed by atoms with E-state index in [2.05, 4.69) is 38.4 Å². The number of carbonyl (C=O) groups is 3. The minimum Gasteiger partial charge on any atom is -0.455 e. The van der Waals surface area contributed by atoms with E-state index in [9.17, 15) is 14.4 Å². The topological polar surface area (TPSA) is 88.6 Å². The number of thiazole rings is 1. The maximum atomic E-state index is 13.9. The van der Waals surface area contributed by atoms with Crippen LogP contribution in [0.4, 0.5) is 11.4 Å². The van der Waals surface area contributed by atoms with Gasteiger partial charge < -0.3 is 19.4 Å². The zero-order chi connectivity index (χ0) is 29.7. The summed E-state index contributed by atoms with van der Waals surface area (Å²) in [7, 11) is 6.15. The molecule has 4 rings (SSSR count). The monoisotopic (exact) mass is 597 g/mol. The summed E-state index contributed by atoms with van der Waals surface area (Å²) in [5.74, 6) is 0.00350. The first-order valence-electron chi connectivity index (χ1n) is 14.2. The quantitative estimate of drug-likeness (QED) is 0.211. The third-order valence-electron chi connectivity index (χ3n) is 7.36. The fraction of sp³-hybridized carbons (Fsp3) is 0.484. The van der Waals surface area contributed by atoms with Gasteiger partial charge in [0.1, 0.15) is 23.7 Å². The van der Waals surface area contributed by atoms with Crippen molar-refractivity contribution < 1.29 is 23.6 Å².